The third-order valence-corrected chi connectivity index (χ3v) is 6.76. The van der Waals surface area contributed by atoms with Crippen molar-refractivity contribution in [3.63, 3.8) is 0 Å². The van der Waals surface area contributed by atoms with Crippen molar-refractivity contribution in [2.75, 3.05) is 25.0 Å². The average molecular weight is 379 g/mol. The highest BCUT2D eigenvalue weighted by atomic mass is 16.5. The van der Waals surface area contributed by atoms with Crippen molar-refractivity contribution in [2.45, 2.75) is 52.2 Å². The van der Waals surface area contributed by atoms with Gasteiger partial charge in [0.1, 0.15) is 5.75 Å². The van der Waals surface area contributed by atoms with E-state index >= 15 is 0 Å². The van der Waals surface area contributed by atoms with Crippen molar-refractivity contribution in [1.29, 1.82) is 0 Å². The number of hydrogen-bond acceptors (Lipinski definition) is 3. The smallest absolute Gasteiger partial charge is 0.121 e. The lowest BCUT2D eigenvalue weighted by Crippen LogP contribution is -2.35. The number of benzene rings is 2. The van der Waals surface area contributed by atoms with Gasteiger partial charge in [-0.3, -0.25) is 4.90 Å². The Balaban J connectivity index is 1.23. The second kappa shape index (κ2) is 8.57. The summed E-state index contributed by atoms with van der Waals surface area (Å²) in [5, 5.41) is 3.67. The third-order valence-electron chi connectivity index (χ3n) is 6.76. The molecule has 0 radical (unpaired) electrons. The minimum Gasteiger partial charge on any atom is -0.491 e. The fraction of sp³-hybridized carbons (Fsp3) is 0.520. The standard InChI is InChI=1S/C25H34N2O/c1-3-20(2)28-24-11-7-10-23(16-24)26-18-22-17-25(22)12-14-27(15-13-25)19-21-8-5-4-6-9-21/h4-11,16,20,22,26H,3,12-15,17-19H2,1-2H3. The zero-order valence-corrected chi connectivity index (χ0v) is 17.4. The fourth-order valence-corrected chi connectivity index (χ4v) is 4.57. The Labute approximate surface area is 170 Å². The summed E-state index contributed by atoms with van der Waals surface area (Å²) in [7, 11) is 0. The predicted molar refractivity (Wildman–Crippen MR) is 117 cm³/mol. The van der Waals surface area contributed by atoms with Crippen LogP contribution < -0.4 is 10.1 Å². The first-order valence-corrected chi connectivity index (χ1v) is 10.9. The highest BCUT2D eigenvalue weighted by molar-refractivity contribution is 5.48. The summed E-state index contributed by atoms with van der Waals surface area (Å²) in [6.45, 7) is 8.95. The van der Waals surface area contributed by atoms with E-state index in [4.69, 9.17) is 4.74 Å². The number of rotatable bonds is 8. The maximum Gasteiger partial charge on any atom is 0.121 e. The van der Waals surface area contributed by atoms with Gasteiger partial charge in [0, 0.05) is 24.8 Å². The first-order chi connectivity index (χ1) is 13.7. The van der Waals surface area contributed by atoms with Gasteiger partial charge in [-0.05, 0) is 74.7 Å². The zero-order valence-electron chi connectivity index (χ0n) is 17.4. The lowest BCUT2D eigenvalue weighted by atomic mass is 9.90. The first-order valence-electron chi connectivity index (χ1n) is 10.9. The van der Waals surface area contributed by atoms with Crippen molar-refractivity contribution >= 4 is 5.69 Å². The second-order valence-corrected chi connectivity index (χ2v) is 8.77. The molecule has 2 aromatic carbocycles. The van der Waals surface area contributed by atoms with Crippen molar-refractivity contribution in [1.82, 2.24) is 4.90 Å². The second-order valence-electron chi connectivity index (χ2n) is 8.77. The average Bonchev–Trinajstić information content (AvgIpc) is 3.41. The van der Waals surface area contributed by atoms with E-state index in [2.05, 4.69) is 78.7 Å². The van der Waals surface area contributed by atoms with Crippen LogP contribution >= 0.6 is 0 Å². The quantitative estimate of drug-likeness (QED) is 0.649. The number of hydrogen-bond donors (Lipinski definition) is 1. The Morgan fingerprint density at radius 2 is 1.89 bits per heavy atom. The predicted octanol–water partition coefficient (Wildman–Crippen LogP) is 5.58. The van der Waals surface area contributed by atoms with Gasteiger partial charge in [0.25, 0.3) is 0 Å². The topological polar surface area (TPSA) is 24.5 Å². The van der Waals surface area contributed by atoms with Gasteiger partial charge in [-0.1, -0.05) is 43.3 Å². The van der Waals surface area contributed by atoms with Crippen LogP contribution in [0.1, 0.15) is 45.1 Å². The molecule has 4 rings (SSSR count). The summed E-state index contributed by atoms with van der Waals surface area (Å²) < 4.78 is 5.95. The first kappa shape index (κ1) is 19.3. The molecule has 0 bridgehead atoms. The summed E-state index contributed by atoms with van der Waals surface area (Å²) in [6, 6.07) is 19.3. The van der Waals surface area contributed by atoms with Crippen LogP contribution in [0.2, 0.25) is 0 Å². The van der Waals surface area contributed by atoms with E-state index < -0.39 is 0 Å². The summed E-state index contributed by atoms with van der Waals surface area (Å²) in [5.74, 6) is 1.80. The largest absolute Gasteiger partial charge is 0.491 e. The number of anilines is 1. The maximum atomic E-state index is 5.95. The molecule has 28 heavy (non-hydrogen) atoms. The molecular formula is C25H34N2O. The summed E-state index contributed by atoms with van der Waals surface area (Å²) >= 11 is 0. The highest BCUT2D eigenvalue weighted by Crippen LogP contribution is 2.59. The van der Waals surface area contributed by atoms with Gasteiger partial charge in [0.05, 0.1) is 6.10 Å². The van der Waals surface area contributed by atoms with E-state index in [-0.39, 0.29) is 6.10 Å². The maximum absolute atomic E-state index is 5.95. The molecule has 3 nitrogen and oxygen atoms in total. The lowest BCUT2D eigenvalue weighted by Gasteiger charge is -2.33. The molecule has 1 N–H and O–H groups in total. The molecule has 3 heteroatoms. The molecule has 0 amide bonds. The van der Waals surface area contributed by atoms with Gasteiger partial charge in [-0.25, -0.2) is 0 Å². The van der Waals surface area contributed by atoms with E-state index in [1.54, 1.807) is 0 Å². The van der Waals surface area contributed by atoms with Crippen LogP contribution in [0.25, 0.3) is 0 Å². The van der Waals surface area contributed by atoms with Gasteiger partial charge in [-0.15, -0.1) is 0 Å². The van der Waals surface area contributed by atoms with Gasteiger partial charge >= 0.3 is 0 Å². The van der Waals surface area contributed by atoms with Crippen LogP contribution in [0.3, 0.4) is 0 Å². The van der Waals surface area contributed by atoms with E-state index in [1.807, 2.05) is 0 Å². The molecule has 150 valence electrons. The minimum absolute atomic E-state index is 0.267. The Hall–Kier alpha value is -2.00. The number of likely N-dealkylation sites (tertiary alicyclic amines) is 1. The molecule has 2 aromatic rings. The monoisotopic (exact) mass is 378 g/mol. The SMILES string of the molecule is CCC(C)Oc1cccc(NCC2CC23CCN(Cc2ccccc2)CC3)c1. The van der Waals surface area contributed by atoms with Gasteiger partial charge in [0.2, 0.25) is 0 Å². The Bertz CT molecular complexity index is 752. The molecule has 2 fully saturated rings. The molecule has 1 heterocycles. The number of piperidine rings is 1. The van der Waals surface area contributed by atoms with Crippen molar-refractivity contribution < 1.29 is 4.74 Å². The van der Waals surface area contributed by atoms with Crippen molar-refractivity contribution in [3.8, 4) is 5.75 Å². The Morgan fingerprint density at radius 1 is 1.11 bits per heavy atom. The van der Waals surface area contributed by atoms with Crippen LogP contribution in [0.5, 0.6) is 5.75 Å². The van der Waals surface area contributed by atoms with Crippen molar-refractivity contribution in [3.05, 3.63) is 60.2 Å². The Kier molecular flexibility index (Phi) is 5.91. The third kappa shape index (κ3) is 4.70. The van der Waals surface area contributed by atoms with Gasteiger partial charge < -0.3 is 10.1 Å². The molecular weight excluding hydrogens is 344 g/mol. The van der Waals surface area contributed by atoms with Gasteiger partial charge in [-0.2, -0.15) is 0 Å². The summed E-state index contributed by atoms with van der Waals surface area (Å²) in [5.41, 5.74) is 3.22. The minimum atomic E-state index is 0.267. The molecule has 2 atom stereocenters. The van der Waals surface area contributed by atoms with Crippen LogP contribution in [0.15, 0.2) is 54.6 Å². The molecule has 2 unspecified atom stereocenters. The molecule has 1 saturated carbocycles. The molecule has 2 aliphatic rings. The van der Waals surface area contributed by atoms with Crippen LogP contribution in [-0.4, -0.2) is 30.6 Å². The van der Waals surface area contributed by atoms with Gasteiger partial charge in [0.15, 0.2) is 0 Å². The molecule has 1 saturated heterocycles. The van der Waals surface area contributed by atoms with Crippen molar-refractivity contribution in [2.24, 2.45) is 11.3 Å². The number of nitrogens with zero attached hydrogens (tertiary/aromatic N) is 1. The summed E-state index contributed by atoms with van der Waals surface area (Å²) in [4.78, 5) is 2.62. The Morgan fingerprint density at radius 3 is 2.64 bits per heavy atom. The van der Waals surface area contributed by atoms with E-state index in [1.165, 1.54) is 43.6 Å². The normalized spacial score (nSPS) is 22.0. The van der Waals surface area contributed by atoms with E-state index in [9.17, 15) is 0 Å². The number of nitrogens with one attached hydrogen (secondary N) is 1. The fourth-order valence-electron chi connectivity index (χ4n) is 4.57. The van der Waals surface area contributed by atoms with Crippen LogP contribution in [0, 0.1) is 11.3 Å². The molecule has 1 aliphatic heterocycles. The zero-order chi connectivity index (χ0) is 19.4. The highest BCUT2D eigenvalue weighted by Gasteiger charge is 2.54. The van der Waals surface area contributed by atoms with Crippen LogP contribution in [0.4, 0.5) is 5.69 Å². The summed E-state index contributed by atoms with van der Waals surface area (Å²) in [6.07, 6.45) is 5.39. The van der Waals surface area contributed by atoms with E-state index in [0.717, 1.165) is 31.2 Å². The van der Waals surface area contributed by atoms with E-state index in [0.29, 0.717) is 5.41 Å². The lowest BCUT2D eigenvalue weighted by molar-refractivity contribution is 0.157. The van der Waals surface area contributed by atoms with Crippen LogP contribution in [-0.2, 0) is 6.54 Å². The number of ether oxygens (including phenoxy) is 1. The molecule has 0 aromatic heterocycles. The molecule has 1 spiro atoms. The molecule has 1 aliphatic carbocycles.